The summed E-state index contributed by atoms with van der Waals surface area (Å²) in [5.74, 6) is 0.121. The summed E-state index contributed by atoms with van der Waals surface area (Å²) in [5.41, 5.74) is 0.104. The predicted octanol–water partition coefficient (Wildman–Crippen LogP) is 4.78. The highest BCUT2D eigenvalue weighted by atomic mass is 19.4. The molecule has 5 heteroatoms. The fourth-order valence-electron chi connectivity index (χ4n) is 2.47. The number of hydrogen-bond acceptors (Lipinski definition) is 1. The quantitative estimate of drug-likeness (QED) is 0.664. The molecule has 1 aliphatic rings. The molecule has 0 radical (unpaired) electrons. The molecule has 0 bridgehead atoms. The summed E-state index contributed by atoms with van der Waals surface area (Å²) < 4.78 is 37.7. The summed E-state index contributed by atoms with van der Waals surface area (Å²) in [7, 11) is 0. The van der Waals surface area contributed by atoms with Gasteiger partial charge in [-0.25, -0.2) is 0 Å². The van der Waals surface area contributed by atoms with Crippen molar-refractivity contribution in [2.45, 2.75) is 64.2 Å². The van der Waals surface area contributed by atoms with Crippen LogP contribution in [0.5, 0.6) is 0 Å². The van der Waals surface area contributed by atoms with Crippen LogP contribution in [0.3, 0.4) is 0 Å². The Labute approximate surface area is 129 Å². The van der Waals surface area contributed by atoms with Crippen LogP contribution < -0.4 is 0 Å². The van der Waals surface area contributed by atoms with E-state index in [-0.39, 0.29) is 11.9 Å². The fourth-order valence-corrected chi connectivity index (χ4v) is 2.47. The van der Waals surface area contributed by atoms with Crippen LogP contribution in [-0.4, -0.2) is 16.8 Å². The van der Waals surface area contributed by atoms with Crippen LogP contribution in [0.2, 0.25) is 0 Å². The minimum absolute atomic E-state index is 0.121. The molecule has 1 aromatic carbocycles. The van der Waals surface area contributed by atoms with Crippen molar-refractivity contribution in [1.82, 2.24) is 4.90 Å². The van der Waals surface area contributed by atoms with E-state index in [1.54, 1.807) is 0 Å². The molecule has 1 aliphatic carbocycles. The molecule has 122 valence electrons. The molecule has 1 saturated carbocycles. The summed E-state index contributed by atoms with van der Waals surface area (Å²) in [6.07, 6.45) is 1.20. The standard InChI is InChI=1S/C17H22F3NO/c1-2-3-4-5-16(22)21(15-10-11-15)12-13-6-8-14(9-7-13)17(18,19)20/h6-9,15H,2-5,10-12H2,1H3. The molecule has 1 fully saturated rings. The minimum Gasteiger partial charge on any atom is -0.335 e. The van der Waals surface area contributed by atoms with Gasteiger partial charge >= 0.3 is 6.18 Å². The molecular formula is C17H22F3NO. The van der Waals surface area contributed by atoms with Crippen LogP contribution in [0, 0.1) is 0 Å². The van der Waals surface area contributed by atoms with Gasteiger partial charge < -0.3 is 4.90 Å². The van der Waals surface area contributed by atoms with Crippen LogP contribution >= 0.6 is 0 Å². The van der Waals surface area contributed by atoms with E-state index in [0.717, 1.165) is 49.8 Å². The Morgan fingerprint density at radius 2 is 1.82 bits per heavy atom. The maximum Gasteiger partial charge on any atom is 0.416 e. The molecule has 1 amide bonds. The molecule has 0 aromatic heterocycles. The lowest BCUT2D eigenvalue weighted by Gasteiger charge is -2.23. The number of unbranched alkanes of at least 4 members (excludes halogenated alkanes) is 2. The zero-order valence-corrected chi connectivity index (χ0v) is 12.8. The highest BCUT2D eigenvalue weighted by Gasteiger charge is 2.33. The van der Waals surface area contributed by atoms with Gasteiger partial charge in [0.2, 0.25) is 5.91 Å². The zero-order valence-electron chi connectivity index (χ0n) is 12.8. The molecule has 2 rings (SSSR count). The number of halogens is 3. The number of alkyl halides is 3. The van der Waals surface area contributed by atoms with Gasteiger partial charge in [0.05, 0.1) is 5.56 Å². The maximum absolute atomic E-state index is 12.6. The van der Waals surface area contributed by atoms with E-state index in [1.807, 2.05) is 4.90 Å². The molecule has 0 spiro atoms. The molecule has 0 saturated heterocycles. The van der Waals surface area contributed by atoms with E-state index in [0.29, 0.717) is 13.0 Å². The number of hydrogen-bond donors (Lipinski definition) is 0. The number of benzene rings is 1. The number of carbonyl (C=O) groups excluding carboxylic acids is 1. The van der Waals surface area contributed by atoms with Gasteiger partial charge in [-0.3, -0.25) is 4.79 Å². The lowest BCUT2D eigenvalue weighted by atomic mass is 10.1. The summed E-state index contributed by atoms with van der Waals surface area (Å²) in [4.78, 5) is 14.1. The minimum atomic E-state index is -4.31. The number of amides is 1. The Morgan fingerprint density at radius 3 is 2.32 bits per heavy atom. The van der Waals surface area contributed by atoms with Crippen molar-refractivity contribution in [1.29, 1.82) is 0 Å². The van der Waals surface area contributed by atoms with Gasteiger partial charge in [0.1, 0.15) is 0 Å². The summed E-state index contributed by atoms with van der Waals surface area (Å²) in [6, 6.07) is 5.38. The first kappa shape index (κ1) is 16.8. The van der Waals surface area contributed by atoms with E-state index in [2.05, 4.69) is 6.92 Å². The summed E-state index contributed by atoms with van der Waals surface area (Å²) in [6.45, 7) is 2.50. The zero-order chi connectivity index (χ0) is 16.2. The molecule has 2 nitrogen and oxygen atoms in total. The monoisotopic (exact) mass is 313 g/mol. The van der Waals surface area contributed by atoms with E-state index in [1.165, 1.54) is 12.1 Å². The lowest BCUT2D eigenvalue weighted by molar-refractivity contribution is -0.137. The smallest absolute Gasteiger partial charge is 0.335 e. The third-order valence-corrected chi connectivity index (χ3v) is 3.94. The second-order valence-corrected chi connectivity index (χ2v) is 5.90. The Morgan fingerprint density at radius 1 is 1.18 bits per heavy atom. The average Bonchev–Trinajstić information content (AvgIpc) is 3.29. The maximum atomic E-state index is 12.6. The van der Waals surface area contributed by atoms with Crippen LogP contribution in [0.4, 0.5) is 13.2 Å². The van der Waals surface area contributed by atoms with E-state index < -0.39 is 11.7 Å². The highest BCUT2D eigenvalue weighted by Crippen LogP contribution is 2.31. The fraction of sp³-hybridized carbons (Fsp3) is 0.588. The highest BCUT2D eigenvalue weighted by molar-refractivity contribution is 5.76. The van der Waals surface area contributed by atoms with Gasteiger partial charge in [-0.05, 0) is 37.0 Å². The number of rotatable bonds is 7. The Kier molecular flexibility index (Phi) is 5.48. The van der Waals surface area contributed by atoms with Crippen molar-refractivity contribution in [2.24, 2.45) is 0 Å². The molecule has 0 N–H and O–H groups in total. The SMILES string of the molecule is CCCCCC(=O)N(Cc1ccc(C(F)(F)F)cc1)C1CC1. The van der Waals surface area contributed by atoms with Gasteiger partial charge in [0.15, 0.2) is 0 Å². The van der Waals surface area contributed by atoms with Crippen molar-refractivity contribution in [3.05, 3.63) is 35.4 Å². The van der Waals surface area contributed by atoms with E-state index in [4.69, 9.17) is 0 Å². The number of carbonyl (C=O) groups is 1. The van der Waals surface area contributed by atoms with Crippen molar-refractivity contribution < 1.29 is 18.0 Å². The van der Waals surface area contributed by atoms with Crippen molar-refractivity contribution in [3.63, 3.8) is 0 Å². The van der Waals surface area contributed by atoms with Crippen molar-refractivity contribution >= 4 is 5.91 Å². The molecule has 0 heterocycles. The molecule has 1 aromatic rings. The molecule has 0 aliphatic heterocycles. The summed E-state index contributed by atoms with van der Waals surface area (Å²) in [5, 5.41) is 0. The van der Waals surface area contributed by atoms with Crippen molar-refractivity contribution in [2.75, 3.05) is 0 Å². The molecule has 0 unspecified atom stereocenters. The van der Waals surface area contributed by atoms with Crippen LogP contribution in [0.25, 0.3) is 0 Å². The summed E-state index contributed by atoms with van der Waals surface area (Å²) >= 11 is 0. The largest absolute Gasteiger partial charge is 0.416 e. The van der Waals surface area contributed by atoms with Crippen molar-refractivity contribution in [3.8, 4) is 0 Å². The first-order valence-electron chi connectivity index (χ1n) is 7.87. The predicted molar refractivity (Wildman–Crippen MR) is 79.2 cm³/mol. The van der Waals surface area contributed by atoms with E-state index in [9.17, 15) is 18.0 Å². The Bertz CT molecular complexity index is 492. The average molecular weight is 313 g/mol. The van der Waals surface area contributed by atoms with Crippen LogP contribution in [-0.2, 0) is 17.5 Å². The van der Waals surface area contributed by atoms with Crippen LogP contribution in [0.1, 0.15) is 56.6 Å². The van der Waals surface area contributed by atoms with E-state index >= 15 is 0 Å². The van der Waals surface area contributed by atoms with Gasteiger partial charge in [-0.1, -0.05) is 31.9 Å². The Balaban J connectivity index is 1.97. The third-order valence-electron chi connectivity index (χ3n) is 3.94. The van der Waals surface area contributed by atoms with Crippen LogP contribution in [0.15, 0.2) is 24.3 Å². The first-order valence-corrected chi connectivity index (χ1v) is 7.87. The molecule has 22 heavy (non-hydrogen) atoms. The second kappa shape index (κ2) is 7.16. The topological polar surface area (TPSA) is 20.3 Å². The molecule has 0 atom stereocenters. The van der Waals surface area contributed by atoms with Gasteiger partial charge in [-0.2, -0.15) is 13.2 Å². The Hall–Kier alpha value is -1.52. The number of nitrogens with zero attached hydrogens (tertiary/aromatic N) is 1. The third kappa shape index (κ3) is 4.75. The van der Waals surface area contributed by atoms with Gasteiger partial charge in [0, 0.05) is 19.0 Å². The lowest BCUT2D eigenvalue weighted by Crippen LogP contribution is -2.32. The first-order chi connectivity index (χ1) is 10.4. The van der Waals surface area contributed by atoms with Gasteiger partial charge in [0.25, 0.3) is 0 Å². The normalized spacial score (nSPS) is 14.9. The van der Waals surface area contributed by atoms with Gasteiger partial charge in [-0.15, -0.1) is 0 Å². The second-order valence-electron chi connectivity index (χ2n) is 5.90. The molecular weight excluding hydrogens is 291 g/mol.